The Morgan fingerprint density at radius 3 is 2.58 bits per heavy atom. The van der Waals surface area contributed by atoms with E-state index in [-0.39, 0.29) is 5.91 Å². The van der Waals surface area contributed by atoms with E-state index in [0.717, 1.165) is 30.6 Å². The maximum absolute atomic E-state index is 12.2. The van der Waals surface area contributed by atoms with Gasteiger partial charge in [0.1, 0.15) is 0 Å². The maximum atomic E-state index is 12.2. The average Bonchev–Trinajstić information content (AvgIpc) is 2.73. The van der Waals surface area contributed by atoms with Gasteiger partial charge in [-0.2, -0.15) is 0 Å². The molecule has 19 heavy (non-hydrogen) atoms. The number of nitrogens with one attached hydrogen (secondary N) is 1. The molecule has 0 bridgehead atoms. The van der Waals surface area contributed by atoms with Gasteiger partial charge in [-0.1, -0.05) is 44.0 Å². The molecule has 3 nitrogen and oxygen atoms in total. The van der Waals surface area contributed by atoms with Crippen LogP contribution in [0.3, 0.4) is 0 Å². The smallest absolute Gasteiger partial charge is 0.226 e. The monoisotopic (exact) mass is 296 g/mol. The highest BCUT2D eigenvalue weighted by atomic mass is 32.1. The third-order valence-corrected chi connectivity index (χ3v) is 4.99. The number of amides is 1. The van der Waals surface area contributed by atoms with Crippen molar-refractivity contribution in [3.63, 3.8) is 0 Å². The third-order valence-electron chi connectivity index (χ3n) is 3.72. The van der Waals surface area contributed by atoms with Crippen LogP contribution in [-0.2, 0) is 11.2 Å². The highest BCUT2D eigenvalue weighted by molar-refractivity contribution is 7.80. The molecule has 1 amide bonds. The summed E-state index contributed by atoms with van der Waals surface area (Å²) in [7, 11) is 0. The molecule has 1 saturated carbocycles. The van der Waals surface area contributed by atoms with E-state index >= 15 is 0 Å². The average molecular weight is 296 g/mol. The van der Waals surface area contributed by atoms with Crippen molar-refractivity contribution in [1.82, 2.24) is 5.32 Å². The van der Waals surface area contributed by atoms with Gasteiger partial charge in [0.15, 0.2) is 0 Å². The normalized spacial score (nSPS) is 18.5. The Hall–Kier alpha value is -0.940. The first-order valence-corrected chi connectivity index (χ1v) is 8.04. The molecule has 0 atom stereocenters. The topological polar surface area (TPSA) is 55.1 Å². The van der Waals surface area contributed by atoms with Crippen molar-refractivity contribution < 1.29 is 4.79 Å². The summed E-state index contributed by atoms with van der Waals surface area (Å²) < 4.78 is 0. The van der Waals surface area contributed by atoms with Gasteiger partial charge in [0.2, 0.25) is 5.91 Å². The number of thiophene rings is 1. The van der Waals surface area contributed by atoms with Crippen LogP contribution in [0.1, 0.15) is 43.4 Å². The van der Waals surface area contributed by atoms with E-state index < -0.39 is 5.54 Å². The Balaban J connectivity index is 2.03. The summed E-state index contributed by atoms with van der Waals surface area (Å²) in [6.07, 6.45) is 6.72. The number of carbonyl (C=O) groups excluding carboxylic acids is 1. The van der Waals surface area contributed by atoms with Crippen LogP contribution in [0.25, 0.3) is 0 Å². The summed E-state index contributed by atoms with van der Waals surface area (Å²) in [6, 6.07) is 3.94. The highest BCUT2D eigenvalue weighted by Crippen LogP contribution is 2.27. The SMILES string of the molecule is NC(=S)C1(NC(=O)Cc2cccs2)CCCCCC1. The molecule has 0 saturated heterocycles. The van der Waals surface area contributed by atoms with Gasteiger partial charge in [-0.3, -0.25) is 4.79 Å². The second-order valence-corrected chi connectivity index (χ2v) is 6.64. The van der Waals surface area contributed by atoms with Gasteiger partial charge >= 0.3 is 0 Å². The van der Waals surface area contributed by atoms with E-state index in [9.17, 15) is 4.79 Å². The van der Waals surface area contributed by atoms with Gasteiger partial charge < -0.3 is 11.1 Å². The zero-order chi connectivity index (χ0) is 13.7. The number of carbonyl (C=O) groups is 1. The molecule has 0 unspecified atom stereocenters. The lowest BCUT2D eigenvalue weighted by Crippen LogP contribution is -2.56. The summed E-state index contributed by atoms with van der Waals surface area (Å²) in [5, 5.41) is 5.10. The predicted octanol–water partition coefficient (Wildman–Crippen LogP) is 2.79. The molecule has 0 aromatic carbocycles. The maximum Gasteiger partial charge on any atom is 0.226 e. The van der Waals surface area contributed by atoms with Gasteiger partial charge in [-0.05, 0) is 24.3 Å². The Labute approximate surface area is 123 Å². The molecule has 3 N–H and O–H groups in total. The molecular weight excluding hydrogens is 276 g/mol. The Kier molecular flexibility index (Phi) is 4.93. The zero-order valence-corrected chi connectivity index (χ0v) is 12.6. The molecule has 5 heteroatoms. The van der Waals surface area contributed by atoms with E-state index in [1.165, 1.54) is 12.8 Å². The molecule has 2 rings (SSSR count). The molecule has 1 aromatic heterocycles. The fourth-order valence-electron chi connectivity index (χ4n) is 2.65. The van der Waals surface area contributed by atoms with Crippen molar-refractivity contribution in [3.05, 3.63) is 22.4 Å². The summed E-state index contributed by atoms with van der Waals surface area (Å²) in [5.41, 5.74) is 5.45. The number of thiocarbonyl (C=S) groups is 1. The minimum atomic E-state index is -0.458. The van der Waals surface area contributed by atoms with Crippen LogP contribution < -0.4 is 11.1 Å². The van der Waals surface area contributed by atoms with Crippen molar-refractivity contribution in [1.29, 1.82) is 0 Å². The van der Waals surface area contributed by atoms with E-state index in [4.69, 9.17) is 18.0 Å². The zero-order valence-electron chi connectivity index (χ0n) is 11.0. The summed E-state index contributed by atoms with van der Waals surface area (Å²) in [4.78, 5) is 13.7. The minimum absolute atomic E-state index is 0.0251. The molecule has 104 valence electrons. The van der Waals surface area contributed by atoms with Crippen LogP contribution in [0.2, 0.25) is 0 Å². The standard InChI is InChI=1S/C14H20N2OS2/c15-13(18)14(7-3-1-2-4-8-14)16-12(17)10-11-6-5-9-19-11/h5-6,9H,1-4,7-8,10H2,(H2,15,18)(H,16,17). The van der Waals surface area contributed by atoms with Gasteiger partial charge in [0, 0.05) is 4.88 Å². The first kappa shape index (κ1) is 14.5. The van der Waals surface area contributed by atoms with Crippen molar-refractivity contribution in [2.45, 2.75) is 50.5 Å². The fraction of sp³-hybridized carbons (Fsp3) is 0.571. The van der Waals surface area contributed by atoms with E-state index in [1.807, 2.05) is 17.5 Å². The molecular formula is C14H20N2OS2. The van der Waals surface area contributed by atoms with Crippen molar-refractivity contribution in [2.24, 2.45) is 5.73 Å². The van der Waals surface area contributed by atoms with Crippen molar-refractivity contribution in [3.8, 4) is 0 Å². The van der Waals surface area contributed by atoms with Gasteiger partial charge in [0.25, 0.3) is 0 Å². The van der Waals surface area contributed by atoms with E-state index in [1.54, 1.807) is 11.3 Å². The van der Waals surface area contributed by atoms with Crippen LogP contribution in [0.5, 0.6) is 0 Å². The lowest BCUT2D eigenvalue weighted by atomic mass is 9.90. The van der Waals surface area contributed by atoms with Crippen LogP contribution in [0, 0.1) is 0 Å². The molecule has 0 radical (unpaired) electrons. The molecule has 1 aliphatic rings. The fourth-order valence-corrected chi connectivity index (χ4v) is 3.61. The number of rotatable bonds is 4. The number of nitrogens with two attached hydrogens (primary N) is 1. The molecule has 1 aliphatic carbocycles. The van der Waals surface area contributed by atoms with Crippen LogP contribution in [0.4, 0.5) is 0 Å². The highest BCUT2D eigenvalue weighted by Gasteiger charge is 2.35. The quantitative estimate of drug-likeness (QED) is 0.663. The summed E-state index contributed by atoms with van der Waals surface area (Å²) >= 11 is 6.82. The Morgan fingerprint density at radius 1 is 1.37 bits per heavy atom. The Morgan fingerprint density at radius 2 is 2.05 bits per heavy atom. The van der Waals surface area contributed by atoms with Crippen LogP contribution in [-0.4, -0.2) is 16.4 Å². The second kappa shape index (κ2) is 6.48. The van der Waals surface area contributed by atoms with E-state index in [0.29, 0.717) is 11.4 Å². The lowest BCUT2D eigenvalue weighted by Gasteiger charge is -2.32. The van der Waals surface area contributed by atoms with Crippen LogP contribution in [0.15, 0.2) is 17.5 Å². The third kappa shape index (κ3) is 3.76. The molecule has 1 heterocycles. The number of hydrogen-bond acceptors (Lipinski definition) is 3. The van der Waals surface area contributed by atoms with Gasteiger partial charge in [-0.15, -0.1) is 11.3 Å². The van der Waals surface area contributed by atoms with Crippen LogP contribution >= 0.6 is 23.6 Å². The largest absolute Gasteiger partial charge is 0.391 e. The lowest BCUT2D eigenvalue weighted by molar-refractivity contribution is -0.121. The predicted molar refractivity (Wildman–Crippen MR) is 83.4 cm³/mol. The summed E-state index contributed by atoms with van der Waals surface area (Å²) in [5.74, 6) is 0.0251. The Bertz CT molecular complexity index is 434. The first-order valence-electron chi connectivity index (χ1n) is 6.76. The van der Waals surface area contributed by atoms with E-state index in [2.05, 4.69) is 5.32 Å². The van der Waals surface area contributed by atoms with Gasteiger partial charge in [0.05, 0.1) is 16.9 Å². The van der Waals surface area contributed by atoms with Crippen molar-refractivity contribution >= 4 is 34.5 Å². The molecule has 1 fully saturated rings. The second-order valence-electron chi connectivity index (χ2n) is 5.16. The minimum Gasteiger partial charge on any atom is -0.391 e. The molecule has 1 aromatic rings. The number of hydrogen-bond donors (Lipinski definition) is 2. The molecule has 0 spiro atoms. The first-order chi connectivity index (χ1) is 9.12. The van der Waals surface area contributed by atoms with Crippen molar-refractivity contribution in [2.75, 3.05) is 0 Å². The summed E-state index contributed by atoms with van der Waals surface area (Å²) in [6.45, 7) is 0. The van der Waals surface area contributed by atoms with Gasteiger partial charge in [-0.25, -0.2) is 0 Å². The molecule has 0 aliphatic heterocycles.